The zero-order chi connectivity index (χ0) is 10.1. The largest absolute Gasteiger partial charge is 0.312 e. The summed E-state index contributed by atoms with van der Waals surface area (Å²) in [5, 5.41) is 7.34. The molecule has 0 radical (unpaired) electrons. The zero-order valence-electron chi connectivity index (χ0n) is 8.37. The maximum atomic E-state index is 11.9. The summed E-state index contributed by atoms with van der Waals surface area (Å²) < 4.78 is 1.79. The van der Waals surface area contributed by atoms with Crippen molar-refractivity contribution in [2.45, 2.75) is 26.8 Å². The third-order valence-corrected chi connectivity index (χ3v) is 2.37. The van der Waals surface area contributed by atoms with Crippen molar-refractivity contribution in [3.05, 3.63) is 28.3 Å². The lowest BCUT2D eigenvalue weighted by Gasteiger charge is -2.07. The summed E-state index contributed by atoms with van der Waals surface area (Å²) in [4.78, 5) is 11.9. The minimum Gasteiger partial charge on any atom is -0.312 e. The van der Waals surface area contributed by atoms with E-state index in [1.54, 1.807) is 10.8 Å². The molecule has 4 heteroatoms. The molecule has 0 saturated heterocycles. The van der Waals surface area contributed by atoms with Gasteiger partial charge in [0.05, 0.1) is 17.1 Å². The number of H-pyrrole nitrogens is 1. The van der Waals surface area contributed by atoms with Crippen LogP contribution in [0.15, 0.2) is 17.1 Å². The van der Waals surface area contributed by atoms with E-state index in [1.165, 1.54) is 0 Å². The van der Waals surface area contributed by atoms with E-state index >= 15 is 0 Å². The topological polar surface area (TPSA) is 50.7 Å². The molecule has 0 spiro atoms. The fourth-order valence-electron chi connectivity index (χ4n) is 1.67. The van der Waals surface area contributed by atoms with E-state index in [1.807, 2.05) is 13.0 Å². The fourth-order valence-corrected chi connectivity index (χ4v) is 1.67. The van der Waals surface area contributed by atoms with E-state index in [0.29, 0.717) is 5.39 Å². The minimum absolute atomic E-state index is 0.0515. The Morgan fingerprint density at radius 3 is 3.07 bits per heavy atom. The molecule has 2 aromatic heterocycles. The maximum Gasteiger partial charge on any atom is 0.261 e. The van der Waals surface area contributed by atoms with E-state index in [-0.39, 0.29) is 5.56 Å². The number of aromatic nitrogens is 3. The molecule has 14 heavy (non-hydrogen) atoms. The van der Waals surface area contributed by atoms with E-state index in [0.717, 1.165) is 24.2 Å². The Bertz CT molecular complexity index is 510. The first kappa shape index (κ1) is 8.99. The van der Waals surface area contributed by atoms with Gasteiger partial charge in [-0.1, -0.05) is 6.92 Å². The van der Waals surface area contributed by atoms with Crippen LogP contribution in [0.25, 0.3) is 10.9 Å². The van der Waals surface area contributed by atoms with E-state index in [9.17, 15) is 4.79 Å². The van der Waals surface area contributed by atoms with Crippen molar-refractivity contribution in [3.8, 4) is 0 Å². The van der Waals surface area contributed by atoms with Crippen molar-refractivity contribution in [2.75, 3.05) is 0 Å². The second-order valence-electron chi connectivity index (χ2n) is 3.44. The molecule has 0 fully saturated rings. The highest BCUT2D eigenvalue weighted by Crippen LogP contribution is 2.07. The summed E-state index contributed by atoms with van der Waals surface area (Å²) in [5.41, 5.74) is 1.85. The summed E-state index contributed by atoms with van der Waals surface area (Å²) in [6, 6.07) is 1.96. The van der Waals surface area contributed by atoms with Crippen LogP contribution in [0.5, 0.6) is 0 Å². The van der Waals surface area contributed by atoms with Gasteiger partial charge >= 0.3 is 0 Å². The van der Waals surface area contributed by atoms with E-state index < -0.39 is 0 Å². The molecule has 74 valence electrons. The summed E-state index contributed by atoms with van der Waals surface area (Å²) in [6.07, 6.45) is 2.55. The summed E-state index contributed by atoms with van der Waals surface area (Å²) >= 11 is 0. The molecule has 0 bridgehead atoms. The quantitative estimate of drug-likeness (QED) is 0.781. The van der Waals surface area contributed by atoms with Gasteiger partial charge in [0.2, 0.25) is 0 Å². The van der Waals surface area contributed by atoms with Gasteiger partial charge in [-0.25, -0.2) is 0 Å². The molecule has 0 aliphatic heterocycles. The standard InChI is InChI=1S/C10H13N3O/c1-3-4-13-7(2)5-9-8(10(13)14)6-11-12-9/h5-6H,3-4H2,1-2H3,(H,11,12). The maximum absolute atomic E-state index is 11.9. The number of nitrogens with one attached hydrogen (secondary N) is 1. The molecule has 2 heterocycles. The molecule has 0 unspecified atom stereocenters. The molecule has 0 aliphatic rings. The fraction of sp³-hybridized carbons (Fsp3) is 0.400. The molecule has 1 N–H and O–H groups in total. The molecule has 2 rings (SSSR count). The average Bonchev–Trinajstić information content (AvgIpc) is 2.60. The van der Waals surface area contributed by atoms with Gasteiger partial charge in [-0.2, -0.15) is 5.10 Å². The molecule has 0 saturated carbocycles. The first-order valence-electron chi connectivity index (χ1n) is 4.77. The Hall–Kier alpha value is -1.58. The van der Waals surface area contributed by atoms with Crippen LogP contribution in [0.3, 0.4) is 0 Å². The Kier molecular flexibility index (Phi) is 2.11. The number of rotatable bonds is 2. The van der Waals surface area contributed by atoms with Crippen LogP contribution in [-0.2, 0) is 6.54 Å². The van der Waals surface area contributed by atoms with Gasteiger partial charge in [-0.3, -0.25) is 9.89 Å². The van der Waals surface area contributed by atoms with Crippen LogP contribution >= 0.6 is 0 Å². The van der Waals surface area contributed by atoms with Crippen molar-refractivity contribution < 1.29 is 0 Å². The second-order valence-corrected chi connectivity index (χ2v) is 3.44. The van der Waals surface area contributed by atoms with Gasteiger partial charge in [-0.05, 0) is 19.4 Å². The van der Waals surface area contributed by atoms with Crippen LogP contribution in [0.2, 0.25) is 0 Å². The van der Waals surface area contributed by atoms with Gasteiger partial charge in [0.25, 0.3) is 5.56 Å². The number of hydrogen-bond donors (Lipinski definition) is 1. The van der Waals surface area contributed by atoms with E-state index in [4.69, 9.17) is 0 Å². The highest BCUT2D eigenvalue weighted by Gasteiger charge is 2.06. The molecular weight excluding hydrogens is 178 g/mol. The van der Waals surface area contributed by atoms with Gasteiger partial charge in [0.1, 0.15) is 0 Å². The van der Waals surface area contributed by atoms with Gasteiger partial charge in [0, 0.05) is 12.2 Å². The summed E-state index contributed by atoms with van der Waals surface area (Å²) in [7, 11) is 0. The number of nitrogens with zero attached hydrogens (tertiary/aromatic N) is 2. The monoisotopic (exact) mass is 191 g/mol. The number of fused-ring (bicyclic) bond motifs is 1. The SMILES string of the molecule is CCCn1c(C)cc2[nH]ncc2c1=O. The lowest BCUT2D eigenvalue weighted by atomic mass is 10.2. The molecule has 0 amide bonds. The first-order valence-corrected chi connectivity index (χ1v) is 4.77. The third kappa shape index (κ3) is 1.23. The van der Waals surface area contributed by atoms with Crippen molar-refractivity contribution >= 4 is 10.9 Å². The number of aromatic amines is 1. The van der Waals surface area contributed by atoms with Crippen molar-refractivity contribution in [3.63, 3.8) is 0 Å². The molecule has 0 atom stereocenters. The van der Waals surface area contributed by atoms with Crippen molar-refractivity contribution in [1.29, 1.82) is 0 Å². The van der Waals surface area contributed by atoms with Crippen molar-refractivity contribution in [2.24, 2.45) is 0 Å². The Labute approximate surface area is 81.6 Å². The van der Waals surface area contributed by atoms with Crippen LogP contribution in [0.1, 0.15) is 19.0 Å². The Morgan fingerprint density at radius 1 is 1.57 bits per heavy atom. The summed E-state index contributed by atoms with van der Waals surface area (Å²) in [6.45, 7) is 4.77. The van der Waals surface area contributed by atoms with Crippen LogP contribution in [0, 0.1) is 6.92 Å². The Balaban J connectivity index is 2.76. The van der Waals surface area contributed by atoms with Gasteiger partial charge < -0.3 is 4.57 Å². The van der Waals surface area contributed by atoms with Crippen LogP contribution in [0.4, 0.5) is 0 Å². The number of hydrogen-bond acceptors (Lipinski definition) is 2. The minimum atomic E-state index is 0.0515. The molecular formula is C10H13N3O. The zero-order valence-corrected chi connectivity index (χ0v) is 8.37. The number of pyridine rings is 1. The van der Waals surface area contributed by atoms with Crippen LogP contribution in [-0.4, -0.2) is 14.8 Å². The molecule has 0 aromatic carbocycles. The molecule has 2 aromatic rings. The predicted octanol–water partition coefficient (Wildman–Crippen LogP) is 1.44. The normalized spacial score (nSPS) is 11.0. The highest BCUT2D eigenvalue weighted by atomic mass is 16.1. The number of aryl methyl sites for hydroxylation is 1. The van der Waals surface area contributed by atoms with E-state index in [2.05, 4.69) is 17.1 Å². The third-order valence-electron chi connectivity index (χ3n) is 2.37. The van der Waals surface area contributed by atoms with Gasteiger partial charge in [0.15, 0.2) is 0 Å². The highest BCUT2D eigenvalue weighted by molar-refractivity contribution is 5.76. The molecule has 4 nitrogen and oxygen atoms in total. The first-order chi connectivity index (χ1) is 6.74. The second kappa shape index (κ2) is 3.29. The van der Waals surface area contributed by atoms with Crippen molar-refractivity contribution in [1.82, 2.24) is 14.8 Å². The predicted molar refractivity (Wildman–Crippen MR) is 55.4 cm³/mol. The molecule has 0 aliphatic carbocycles. The lowest BCUT2D eigenvalue weighted by Crippen LogP contribution is -2.21. The summed E-state index contributed by atoms with van der Waals surface area (Å²) in [5.74, 6) is 0. The van der Waals surface area contributed by atoms with Crippen LogP contribution < -0.4 is 5.56 Å². The lowest BCUT2D eigenvalue weighted by molar-refractivity contribution is 0.641. The van der Waals surface area contributed by atoms with Gasteiger partial charge in [-0.15, -0.1) is 0 Å². The average molecular weight is 191 g/mol. The Morgan fingerprint density at radius 2 is 2.36 bits per heavy atom. The smallest absolute Gasteiger partial charge is 0.261 e.